The Morgan fingerprint density at radius 1 is 1.32 bits per heavy atom. The Hall–Kier alpha value is -0.520. The molecule has 0 amide bonds. The molecular formula is C14H20BrF2NO. The molecule has 5 heteroatoms. The van der Waals surface area contributed by atoms with Gasteiger partial charge in [0.05, 0.1) is 11.1 Å². The maximum atomic E-state index is 13.9. The molecule has 2 atom stereocenters. The van der Waals surface area contributed by atoms with E-state index in [9.17, 15) is 8.78 Å². The van der Waals surface area contributed by atoms with Gasteiger partial charge in [-0.05, 0) is 47.3 Å². The highest BCUT2D eigenvalue weighted by molar-refractivity contribution is 9.10. The van der Waals surface area contributed by atoms with Crippen molar-refractivity contribution in [2.24, 2.45) is 5.92 Å². The number of methoxy groups -OCH3 is 1. The van der Waals surface area contributed by atoms with Gasteiger partial charge in [-0.25, -0.2) is 8.78 Å². The van der Waals surface area contributed by atoms with Crippen LogP contribution >= 0.6 is 15.9 Å². The summed E-state index contributed by atoms with van der Waals surface area (Å²) in [7, 11) is 1.64. The number of nitrogens with one attached hydrogen (secondary N) is 1. The molecule has 1 aromatic carbocycles. The van der Waals surface area contributed by atoms with Crippen LogP contribution in [0.25, 0.3) is 0 Å². The predicted octanol–water partition coefficient (Wildman–Crippen LogP) is 3.53. The largest absolute Gasteiger partial charge is 0.383 e. The van der Waals surface area contributed by atoms with Gasteiger partial charge in [-0.2, -0.15) is 0 Å². The van der Waals surface area contributed by atoms with E-state index in [1.807, 2.05) is 13.8 Å². The van der Waals surface area contributed by atoms with Gasteiger partial charge < -0.3 is 10.1 Å². The van der Waals surface area contributed by atoms with E-state index < -0.39 is 11.6 Å². The summed E-state index contributed by atoms with van der Waals surface area (Å²) in [5, 5.41) is 3.28. The minimum absolute atomic E-state index is 0.121. The fraction of sp³-hybridized carbons (Fsp3) is 0.571. The molecule has 1 aromatic rings. The van der Waals surface area contributed by atoms with Crippen LogP contribution in [0, 0.1) is 17.6 Å². The summed E-state index contributed by atoms with van der Waals surface area (Å²) in [5.41, 5.74) is 0.141. The highest BCUT2D eigenvalue weighted by Gasteiger charge is 2.18. The van der Waals surface area contributed by atoms with Gasteiger partial charge in [-0.3, -0.25) is 0 Å². The lowest BCUT2D eigenvalue weighted by Gasteiger charge is -2.22. The fourth-order valence-electron chi connectivity index (χ4n) is 1.84. The minimum atomic E-state index is -0.504. The van der Waals surface area contributed by atoms with E-state index in [-0.39, 0.29) is 17.5 Å². The van der Waals surface area contributed by atoms with Gasteiger partial charge in [0.1, 0.15) is 11.6 Å². The SMILES string of the molecule is COCCNC(C)C(C)Cc1c(F)ccc(Br)c1F. The van der Waals surface area contributed by atoms with Crippen LogP contribution in [-0.2, 0) is 11.2 Å². The number of halogens is 3. The van der Waals surface area contributed by atoms with Crippen LogP contribution in [0.4, 0.5) is 8.78 Å². The summed E-state index contributed by atoms with van der Waals surface area (Å²) in [6.45, 7) is 5.33. The fourth-order valence-corrected chi connectivity index (χ4v) is 2.22. The Morgan fingerprint density at radius 3 is 2.63 bits per heavy atom. The number of hydrogen-bond donors (Lipinski definition) is 1. The molecule has 0 saturated carbocycles. The zero-order valence-electron chi connectivity index (χ0n) is 11.5. The molecule has 0 radical (unpaired) electrons. The first-order chi connectivity index (χ1) is 8.97. The molecule has 0 heterocycles. The van der Waals surface area contributed by atoms with Crippen LogP contribution in [-0.4, -0.2) is 26.3 Å². The topological polar surface area (TPSA) is 21.3 Å². The zero-order valence-corrected chi connectivity index (χ0v) is 13.1. The standard InChI is InChI=1S/C14H20BrF2NO/c1-9(10(2)18-6-7-19-3)8-11-13(16)5-4-12(15)14(11)17/h4-5,9-10,18H,6-8H2,1-3H3. The summed E-state index contributed by atoms with van der Waals surface area (Å²) in [5.74, 6) is -0.872. The molecule has 0 fully saturated rings. The van der Waals surface area contributed by atoms with Crippen LogP contribution in [0.1, 0.15) is 19.4 Å². The molecule has 0 aromatic heterocycles. The average Bonchev–Trinajstić information content (AvgIpc) is 2.39. The monoisotopic (exact) mass is 335 g/mol. The third-order valence-electron chi connectivity index (χ3n) is 3.29. The maximum absolute atomic E-state index is 13.9. The molecule has 0 aliphatic heterocycles. The second-order valence-corrected chi connectivity index (χ2v) is 5.59. The summed E-state index contributed by atoms with van der Waals surface area (Å²) >= 11 is 3.08. The second kappa shape index (κ2) is 7.92. The van der Waals surface area contributed by atoms with Crippen LogP contribution < -0.4 is 5.32 Å². The van der Waals surface area contributed by atoms with Crippen molar-refractivity contribution in [1.29, 1.82) is 0 Å². The number of ether oxygens (including phenoxy) is 1. The summed E-state index contributed by atoms with van der Waals surface area (Å²) < 4.78 is 32.8. The van der Waals surface area contributed by atoms with Crippen molar-refractivity contribution in [3.8, 4) is 0 Å². The summed E-state index contributed by atoms with van der Waals surface area (Å²) in [6.07, 6.45) is 0.359. The molecule has 2 nitrogen and oxygen atoms in total. The first-order valence-corrected chi connectivity index (χ1v) is 7.11. The predicted molar refractivity (Wildman–Crippen MR) is 76.3 cm³/mol. The second-order valence-electron chi connectivity index (χ2n) is 4.74. The molecule has 108 valence electrons. The molecule has 0 bridgehead atoms. The molecule has 1 N–H and O–H groups in total. The van der Waals surface area contributed by atoms with E-state index >= 15 is 0 Å². The minimum Gasteiger partial charge on any atom is -0.383 e. The highest BCUT2D eigenvalue weighted by atomic mass is 79.9. The van der Waals surface area contributed by atoms with Gasteiger partial charge in [0.25, 0.3) is 0 Å². The molecule has 2 unspecified atom stereocenters. The Balaban J connectivity index is 2.66. The lowest BCUT2D eigenvalue weighted by atomic mass is 9.94. The Labute approximate surface area is 121 Å². The van der Waals surface area contributed by atoms with Crippen LogP contribution in [0.2, 0.25) is 0 Å². The van der Waals surface area contributed by atoms with E-state index in [2.05, 4.69) is 21.2 Å². The molecular weight excluding hydrogens is 316 g/mol. The van der Waals surface area contributed by atoms with Crippen molar-refractivity contribution in [1.82, 2.24) is 5.32 Å². The smallest absolute Gasteiger partial charge is 0.143 e. The summed E-state index contributed by atoms with van der Waals surface area (Å²) in [6, 6.07) is 2.84. The van der Waals surface area contributed by atoms with E-state index in [0.29, 0.717) is 17.5 Å². The normalized spacial score (nSPS) is 14.4. The first kappa shape index (κ1) is 16.5. The third-order valence-corrected chi connectivity index (χ3v) is 3.90. The lowest BCUT2D eigenvalue weighted by Crippen LogP contribution is -2.35. The Kier molecular flexibility index (Phi) is 6.89. The third kappa shape index (κ3) is 4.82. The van der Waals surface area contributed by atoms with Crippen molar-refractivity contribution < 1.29 is 13.5 Å². The van der Waals surface area contributed by atoms with Crippen molar-refractivity contribution in [3.05, 3.63) is 33.8 Å². The van der Waals surface area contributed by atoms with Crippen molar-refractivity contribution in [3.63, 3.8) is 0 Å². The van der Waals surface area contributed by atoms with Gasteiger partial charge >= 0.3 is 0 Å². The molecule has 1 rings (SSSR count). The average molecular weight is 336 g/mol. The van der Waals surface area contributed by atoms with Crippen molar-refractivity contribution in [2.45, 2.75) is 26.3 Å². The quantitative estimate of drug-likeness (QED) is 0.608. The van der Waals surface area contributed by atoms with Gasteiger partial charge in [0.2, 0.25) is 0 Å². The Morgan fingerprint density at radius 2 is 2.00 bits per heavy atom. The van der Waals surface area contributed by atoms with E-state index in [4.69, 9.17) is 4.74 Å². The molecule has 0 spiro atoms. The van der Waals surface area contributed by atoms with E-state index in [1.165, 1.54) is 12.1 Å². The number of benzene rings is 1. The van der Waals surface area contributed by atoms with Gasteiger partial charge in [0, 0.05) is 25.3 Å². The molecule has 19 heavy (non-hydrogen) atoms. The first-order valence-electron chi connectivity index (χ1n) is 6.32. The van der Waals surface area contributed by atoms with Crippen LogP contribution in [0.15, 0.2) is 16.6 Å². The van der Waals surface area contributed by atoms with Gasteiger partial charge in [-0.15, -0.1) is 0 Å². The van der Waals surface area contributed by atoms with Crippen molar-refractivity contribution in [2.75, 3.05) is 20.3 Å². The zero-order chi connectivity index (χ0) is 14.4. The van der Waals surface area contributed by atoms with Crippen LogP contribution in [0.3, 0.4) is 0 Å². The lowest BCUT2D eigenvalue weighted by molar-refractivity contribution is 0.192. The van der Waals surface area contributed by atoms with E-state index in [1.54, 1.807) is 7.11 Å². The number of rotatable bonds is 7. The molecule has 0 aliphatic rings. The highest BCUT2D eigenvalue weighted by Crippen LogP contribution is 2.24. The molecule has 0 aliphatic carbocycles. The Bertz CT molecular complexity index is 415. The summed E-state index contributed by atoms with van der Waals surface area (Å²) in [4.78, 5) is 0. The van der Waals surface area contributed by atoms with Crippen LogP contribution in [0.5, 0.6) is 0 Å². The van der Waals surface area contributed by atoms with Crippen molar-refractivity contribution >= 4 is 15.9 Å². The van der Waals surface area contributed by atoms with Gasteiger partial charge in [-0.1, -0.05) is 6.92 Å². The van der Waals surface area contributed by atoms with Gasteiger partial charge in [0.15, 0.2) is 0 Å². The molecule has 0 saturated heterocycles. The number of hydrogen-bond acceptors (Lipinski definition) is 2. The maximum Gasteiger partial charge on any atom is 0.143 e. The van der Waals surface area contributed by atoms with E-state index in [0.717, 1.165) is 6.54 Å².